The Balaban J connectivity index is 1.23. The second kappa shape index (κ2) is 8.73. The van der Waals surface area contributed by atoms with E-state index in [9.17, 15) is 19.2 Å². The van der Waals surface area contributed by atoms with Gasteiger partial charge in [0.1, 0.15) is 0 Å². The highest BCUT2D eigenvalue weighted by Crippen LogP contribution is 2.49. The van der Waals surface area contributed by atoms with Crippen molar-refractivity contribution in [2.45, 2.75) is 50.4 Å². The third-order valence-corrected chi connectivity index (χ3v) is 7.54. The normalized spacial score (nSPS) is 21.4. The van der Waals surface area contributed by atoms with E-state index < -0.39 is 24.1 Å². The first-order chi connectivity index (χ1) is 17.9. The molecule has 3 amide bonds. The maximum atomic E-state index is 13.7. The molecule has 0 radical (unpaired) electrons. The van der Waals surface area contributed by atoms with Gasteiger partial charge in [-0.25, -0.2) is 4.79 Å². The first-order valence-corrected chi connectivity index (χ1v) is 12.6. The number of nitrogens with zero attached hydrogens (tertiary/aromatic N) is 2. The molecule has 2 aliphatic heterocycles. The smallest absolute Gasteiger partial charge is 0.354 e. The summed E-state index contributed by atoms with van der Waals surface area (Å²) >= 11 is 0. The van der Waals surface area contributed by atoms with Crippen molar-refractivity contribution < 1.29 is 23.9 Å². The van der Waals surface area contributed by atoms with Gasteiger partial charge in [0, 0.05) is 18.9 Å². The fourth-order valence-corrected chi connectivity index (χ4v) is 5.75. The van der Waals surface area contributed by atoms with E-state index in [2.05, 4.69) is 5.32 Å². The van der Waals surface area contributed by atoms with Crippen molar-refractivity contribution in [2.24, 2.45) is 0 Å². The van der Waals surface area contributed by atoms with Crippen LogP contribution in [0.2, 0.25) is 0 Å². The third-order valence-electron chi connectivity index (χ3n) is 7.54. The Kier molecular flexibility index (Phi) is 5.47. The lowest BCUT2D eigenvalue weighted by Crippen LogP contribution is -2.69. The minimum absolute atomic E-state index is 0.115. The number of carbonyl (C=O) groups is 4. The minimum Gasteiger partial charge on any atom is -0.452 e. The predicted octanol–water partition coefficient (Wildman–Crippen LogP) is 3.70. The van der Waals surface area contributed by atoms with E-state index >= 15 is 0 Å². The lowest BCUT2D eigenvalue weighted by Gasteiger charge is -2.48. The number of esters is 1. The largest absolute Gasteiger partial charge is 0.452 e. The number of hydrogen-bond acceptors (Lipinski definition) is 5. The molecule has 0 spiro atoms. The molecule has 3 aromatic rings. The van der Waals surface area contributed by atoms with Gasteiger partial charge >= 0.3 is 5.97 Å². The predicted molar refractivity (Wildman–Crippen MR) is 137 cm³/mol. The monoisotopic (exact) mass is 497 g/mol. The summed E-state index contributed by atoms with van der Waals surface area (Å²) in [5.41, 5.74) is 0.205. The molecule has 3 aliphatic rings. The number of ether oxygens (including phenoxy) is 1. The van der Waals surface area contributed by atoms with E-state index in [1.165, 1.54) is 9.80 Å². The van der Waals surface area contributed by atoms with Gasteiger partial charge in [-0.2, -0.15) is 0 Å². The minimum atomic E-state index is -1.56. The molecular formula is C29H27N3O5. The van der Waals surface area contributed by atoms with Crippen LogP contribution in [0.4, 0.5) is 5.69 Å². The lowest BCUT2D eigenvalue weighted by molar-refractivity contribution is -0.160. The van der Waals surface area contributed by atoms with Gasteiger partial charge in [-0.1, -0.05) is 54.6 Å². The zero-order chi connectivity index (χ0) is 25.7. The number of benzene rings is 3. The topological polar surface area (TPSA) is 96.0 Å². The van der Waals surface area contributed by atoms with Crippen molar-refractivity contribution in [1.29, 1.82) is 0 Å². The van der Waals surface area contributed by atoms with E-state index in [1.54, 1.807) is 24.3 Å². The van der Waals surface area contributed by atoms with E-state index in [0.29, 0.717) is 11.3 Å². The molecule has 1 saturated heterocycles. The summed E-state index contributed by atoms with van der Waals surface area (Å²) < 4.78 is 5.55. The van der Waals surface area contributed by atoms with Crippen molar-refractivity contribution in [2.75, 3.05) is 11.5 Å². The first kappa shape index (κ1) is 23.2. The molecule has 0 aromatic heterocycles. The molecule has 8 heteroatoms. The molecule has 2 atom stereocenters. The van der Waals surface area contributed by atoms with Gasteiger partial charge in [-0.05, 0) is 48.2 Å². The zero-order valence-corrected chi connectivity index (χ0v) is 20.5. The van der Waals surface area contributed by atoms with E-state index in [4.69, 9.17) is 4.74 Å². The highest BCUT2D eigenvalue weighted by atomic mass is 16.5. The van der Waals surface area contributed by atoms with Crippen LogP contribution in [0.15, 0.2) is 66.7 Å². The molecule has 2 fully saturated rings. The highest BCUT2D eigenvalue weighted by Gasteiger charge is 2.64. The number of carbonyl (C=O) groups excluding carboxylic acids is 4. The Morgan fingerprint density at radius 3 is 2.57 bits per heavy atom. The molecule has 188 valence electrons. The van der Waals surface area contributed by atoms with Crippen LogP contribution in [0, 0.1) is 0 Å². The van der Waals surface area contributed by atoms with Gasteiger partial charge < -0.3 is 15.0 Å². The number of hydrogen-bond donors (Lipinski definition) is 1. The molecule has 1 saturated carbocycles. The number of anilines is 1. The molecular weight excluding hydrogens is 470 g/mol. The summed E-state index contributed by atoms with van der Waals surface area (Å²) in [5.74, 6) is -1.73. The third kappa shape index (κ3) is 3.66. The summed E-state index contributed by atoms with van der Waals surface area (Å²) in [4.78, 5) is 56.0. The molecule has 1 N–H and O–H groups in total. The summed E-state index contributed by atoms with van der Waals surface area (Å²) in [5, 5.41) is 5.01. The van der Waals surface area contributed by atoms with Crippen molar-refractivity contribution in [3.63, 3.8) is 0 Å². The number of amides is 3. The van der Waals surface area contributed by atoms with Crippen LogP contribution in [0.3, 0.4) is 0 Å². The molecule has 1 aliphatic carbocycles. The number of nitrogens with one attached hydrogen (secondary N) is 1. The van der Waals surface area contributed by atoms with Gasteiger partial charge in [-0.3, -0.25) is 19.3 Å². The fraction of sp³-hybridized carbons (Fsp3) is 0.310. The Hall–Kier alpha value is -4.20. The van der Waals surface area contributed by atoms with Gasteiger partial charge in [-0.15, -0.1) is 0 Å². The quantitative estimate of drug-likeness (QED) is 0.524. The van der Waals surface area contributed by atoms with E-state index in [0.717, 1.165) is 29.2 Å². The molecule has 0 bridgehead atoms. The molecule has 3 aromatic carbocycles. The Morgan fingerprint density at radius 2 is 1.76 bits per heavy atom. The average molecular weight is 498 g/mol. The maximum Gasteiger partial charge on any atom is 0.354 e. The van der Waals surface area contributed by atoms with E-state index in [-0.39, 0.29) is 36.7 Å². The summed E-state index contributed by atoms with van der Waals surface area (Å²) in [6.07, 6.45) is 1.77. The summed E-state index contributed by atoms with van der Waals surface area (Å²) in [6, 6.07) is 20.2. The van der Waals surface area contributed by atoms with Crippen LogP contribution in [-0.2, 0) is 19.1 Å². The molecule has 2 heterocycles. The molecule has 8 nitrogen and oxygen atoms in total. The lowest BCUT2D eigenvalue weighted by atomic mass is 9.96. The zero-order valence-electron chi connectivity index (χ0n) is 20.5. The van der Waals surface area contributed by atoms with Gasteiger partial charge in [0.25, 0.3) is 11.8 Å². The van der Waals surface area contributed by atoms with Crippen molar-refractivity contribution in [3.05, 3.63) is 77.9 Å². The van der Waals surface area contributed by atoms with Crippen LogP contribution >= 0.6 is 0 Å². The Bertz CT molecular complexity index is 1440. The number of rotatable bonds is 6. The van der Waals surface area contributed by atoms with Crippen molar-refractivity contribution in [1.82, 2.24) is 10.2 Å². The van der Waals surface area contributed by atoms with E-state index in [1.807, 2.05) is 49.4 Å². The van der Waals surface area contributed by atoms with Crippen LogP contribution < -0.4 is 10.2 Å². The van der Waals surface area contributed by atoms with Gasteiger partial charge in [0.15, 0.2) is 6.61 Å². The molecule has 6 rings (SSSR count). The van der Waals surface area contributed by atoms with Crippen LogP contribution in [0.5, 0.6) is 0 Å². The second-order valence-electron chi connectivity index (χ2n) is 9.90. The maximum absolute atomic E-state index is 13.7. The molecule has 2 unspecified atom stereocenters. The SMILES string of the molecule is CC(NC(=O)COC(=O)C12CCC(=O)N1c1ccccc1C(=O)N2C1CC1)c1cccc2ccccc12. The molecule has 37 heavy (non-hydrogen) atoms. The fourth-order valence-electron chi connectivity index (χ4n) is 5.75. The standard InChI is InChI=1S/C29H27N3O5/c1-18(21-11-6-8-19-7-2-3-9-22(19)21)30-25(33)17-37-28(36)29-16-15-26(34)32(29)24-12-5-4-10-23(24)27(35)31(29)20-13-14-20/h2-12,18,20H,13-17H2,1H3,(H,30,33). The highest BCUT2D eigenvalue weighted by molar-refractivity contribution is 6.15. The van der Waals surface area contributed by atoms with Crippen LogP contribution in [0.25, 0.3) is 10.8 Å². The second-order valence-corrected chi connectivity index (χ2v) is 9.90. The van der Waals surface area contributed by atoms with Crippen molar-refractivity contribution in [3.8, 4) is 0 Å². The summed E-state index contributed by atoms with van der Waals surface area (Å²) in [7, 11) is 0. The number of para-hydroxylation sites is 1. The van der Waals surface area contributed by atoms with Gasteiger partial charge in [0.05, 0.1) is 17.3 Å². The van der Waals surface area contributed by atoms with Gasteiger partial charge in [0.2, 0.25) is 11.6 Å². The van der Waals surface area contributed by atoms with Crippen LogP contribution in [-0.4, -0.2) is 46.9 Å². The Labute approximate surface area is 214 Å². The summed E-state index contributed by atoms with van der Waals surface area (Å²) in [6.45, 7) is 1.37. The number of fused-ring (bicyclic) bond motifs is 4. The van der Waals surface area contributed by atoms with Crippen LogP contribution in [0.1, 0.15) is 54.6 Å². The average Bonchev–Trinajstić information content (AvgIpc) is 3.68. The first-order valence-electron chi connectivity index (χ1n) is 12.6. The van der Waals surface area contributed by atoms with Crippen molar-refractivity contribution >= 4 is 40.2 Å². The Morgan fingerprint density at radius 1 is 1.03 bits per heavy atom.